The number of piperazine rings is 1. The lowest BCUT2D eigenvalue weighted by molar-refractivity contribution is -0.134. The van der Waals surface area contributed by atoms with E-state index >= 15 is 0 Å². The zero-order valence-electron chi connectivity index (χ0n) is 6.84. The highest BCUT2D eigenvalue weighted by Crippen LogP contribution is 2.17. The number of fused-ring (bicyclic) bond motifs is 2. The number of amides is 1. The van der Waals surface area contributed by atoms with E-state index in [1.54, 1.807) is 0 Å². The molecular formula is C8H14N2O. The summed E-state index contributed by atoms with van der Waals surface area (Å²) in [5, 5.41) is 3.35. The molecule has 2 unspecified atom stereocenters. The minimum atomic E-state index is 0.108. The second-order valence-electron chi connectivity index (χ2n) is 3.40. The van der Waals surface area contributed by atoms with Gasteiger partial charge in [0.2, 0.25) is 5.91 Å². The van der Waals surface area contributed by atoms with E-state index in [2.05, 4.69) is 12.2 Å². The molecule has 2 heterocycles. The molecular weight excluding hydrogens is 140 g/mol. The zero-order chi connectivity index (χ0) is 7.84. The molecule has 2 aliphatic heterocycles. The number of carbonyl (C=O) groups excluding carboxylic acids is 1. The van der Waals surface area contributed by atoms with Crippen LogP contribution in [0.2, 0.25) is 0 Å². The van der Waals surface area contributed by atoms with Crippen LogP contribution in [0, 0.1) is 0 Å². The minimum absolute atomic E-state index is 0.108. The van der Waals surface area contributed by atoms with Crippen LogP contribution in [0.4, 0.5) is 0 Å². The molecule has 0 aromatic rings. The molecule has 2 atom stereocenters. The largest absolute Gasteiger partial charge is 0.340 e. The highest BCUT2D eigenvalue weighted by molar-refractivity contribution is 5.83. The smallest absolute Gasteiger partial charge is 0.239 e. The number of hydrogen-bond acceptors (Lipinski definition) is 2. The van der Waals surface area contributed by atoms with Gasteiger partial charge < -0.3 is 10.2 Å². The molecule has 0 aromatic heterocycles. The minimum Gasteiger partial charge on any atom is -0.340 e. The molecule has 62 valence electrons. The van der Waals surface area contributed by atoms with Crippen LogP contribution >= 0.6 is 0 Å². The topological polar surface area (TPSA) is 32.3 Å². The van der Waals surface area contributed by atoms with Crippen molar-refractivity contribution in [3.8, 4) is 0 Å². The van der Waals surface area contributed by atoms with E-state index in [9.17, 15) is 4.79 Å². The van der Waals surface area contributed by atoms with Gasteiger partial charge in [-0.2, -0.15) is 0 Å². The molecule has 11 heavy (non-hydrogen) atoms. The molecule has 2 rings (SSSR count). The number of rotatable bonds is 1. The number of nitrogens with one attached hydrogen (secondary N) is 1. The van der Waals surface area contributed by atoms with E-state index in [1.807, 2.05) is 4.90 Å². The highest BCUT2D eigenvalue weighted by Gasteiger charge is 2.36. The summed E-state index contributed by atoms with van der Waals surface area (Å²) in [5.74, 6) is 0.307. The summed E-state index contributed by atoms with van der Waals surface area (Å²) in [6.45, 7) is 3.96. The fourth-order valence-electron chi connectivity index (χ4n) is 1.97. The number of nitrogens with zero attached hydrogens (tertiary/aromatic N) is 1. The Morgan fingerprint density at radius 2 is 2.55 bits per heavy atom. The molecule has 2 bridgehead atoms. The van der Waals surface area contributed by atoms with Crippen LogP contribution in [0.5, 0.6) is 0 Å². The Morgan fingerprint density at radius 3 is 3.27 bits per heavy atom. The van der Waals surface area contributed by atoms with Crippen molar-refractivity contribution >= 4 is 5.91 Å². The van der Waals surface area contributed by atoms with Gasteiger partial charge in [-0.15, -0.1) is 0 Å². The molecule has 2 saturated heterocycles. The lowest BCUT2D eigenvalue weighted by atomic mass is 10.1. The van der Waals surface area contributed by atoms with Gasteiger partial charge in [-0.3, -0.25) is 4.79 Å². The summed E-state index contributed by atoms with van der Waals surface area (Å²) in [5.41, 5.74) is 0. The van der Waals surface area contributed by atoms with Gasteiger partial charge in [0.15, 0.2) is 0 Å². The molecule has 0 aliphatic carbocycles. The molecule has 1 N–H and O–H groups in total. The van der Waals surface area contributed by atoms with Crippen LogP contribution in [-0.4, -0.2) is 36.0 Å². The van der Waals surface area contributed by atoms with Crippen LogP contribution in [-0.2, 0) is 4.79 Å². The highest BCUT2D eigenvalue weighted by atomic mass is 16.2. The first-order valence-corrected chi connectivity index (χ1v) is 4.36. The van der Waals surface area contributed by atoms with Gasteiger partial charge in [0.1, 0.15) is 0 Å². The zero-order valence-corrected chi connectivity index (χ0v) is 6.84. The maximum Gasteiger partial charge on any atom is 0.239 e. The molecule has 0 spiro atoms. The van der Waals surface area contributed by atoms with Gasteiger partial charge in [0.25, 0.3) is 0 Å². The Kier molecular flexibility index (Phi) is 1.60. The van der Waals surface area contributed by atoms with Crippen molar-refractivity contribution < 1.29 is 4.79 Å². The quantitative estimate of drug-likeness (QED) is 0.575. The van der Waals surface area contributed by atoms with E-state index < -0.39 is 0 Å². The fourth-order valence-corrected chi connectivity index (χ4v) is 1.97. The Hall–Kier alpha value is -0.570. The third-order valence-corrected chi connectivity index (χ3v) is 2.64. The van der Waals surface area contributed by atoms with Crippen molar-refractivity contribution in [2.75, 3.05) is 13.1 Å². The summed E-state index contributed by atoms with van der Waals surface area (Å²) in [4.78, 5) is 13.5. The van der Waals surface area contributed by atoms with Gasteiger partial charge in [-0.1, -0.05) is 6.92 Å². The Bertz CT molecular complexity index is 181. The van der Waals surface area contributed by atoms with E-state index in [0.717, 1.165) is 25.9 Å². The predicted octanol–water partition coefficient (Wildman–Crippen LogP) is -0.0309. The molecule has 0 radical (unpaired) electrons. The first-order chi connectivity index (χ1) is 5.31. The molecule has 1 amide bonds. The maximum absolute atomic E-state index is 11.5. The molecule has 3 nitrogen and oxygen atoms in total. The Morgan fingerprint density at radius 1 is 1.73 bits per heavy atom. The van der Waals surface area contributed by atoms with Crippen LogP contribution in [0.15, 0.2) is 0 Å². The fraction of sp³-hybridized carbons (Fsp3) is 0.875. The Labute approximate surface area is 66.8 Å². The van der Waals surface area contributed by atoms with E-state index in [-0.39, 0.29) is 6.04 Å². The number of carbonyl (C=O) groups is 1. The van der Waals surface area contributed by atoms with Gasteiger partial charge in [0.05, 0.1) is 6.04 Å². The van der Waals surface area contributed by atoms with Gasteiger partial charge >= 0.3 is 0 Å². The monoisotopic (exact) mass is 154 g/mol. The predicted molar refractivity (Wildman–Crippen MR) is 42.2 cm³/mol. The first-order valence-electron chi connectivity index (χ1n) is 4.36. The summed E-state index contributed by atoms with van der Waals surface area (Å²) in [6.07, 6.45) is 2.06. The van der Waals surface area contributed by atoms with Crippen molar-refractivity contribution in [3.05, 3.63) is 0 Å². The standard InChI is InChI=1S/C8H14N2O/c1-2-7-8(11)10-4-3-6(5-10)9-7/h6-7,9H,2-5H2,1H3. The van der Waals surface area contributed by atoms with Crippen LogP contribution in [0.3, 0.4) is 0 Å². The summed E-state index contributed by atoms with van der Waals surface area (Å²) in [6, 6.07) is 0.689. The average molecular weight is 154 g/mol. The van der Waals surface area contributed by atoms with Crippen LogP contribution in [0.1, 0.15) is 19.8 Å². The van der Waals surface area contributed by atoms with Crippen LogP contribution in [0.25, 0.3) is 0 Å². The van der Waals surface area contributed by atoms with E-state index in [4.69, 9.17) is 0 Å². The van der Waals surface area contributed by atoms with E-state index in [0.29, 0.717) is 11.9 Å². The summed E-state index contributed by atoms with van der Waals surface area (Å²) in [7, 11) is 0. The average Bonchev–Trinajstić information content (AvgIpc) is 2.42. The maximum atomic E-state index is 11.5. The molecule has 2 aliphatic rings. The van der Waals surface area contributed by atoms with Crippen molar-refractivity contribution in [2.24, 2.45) is 0 Å². The van der Waals surface area contributed by atoms with Crippen molar-refractivity contribution in [1.29, 1.82) is 0 Å². The normalized spacial score (nSPS) is 36.5. The lowest BCUT2D eigenvalue weighted by Gasteiger charge is -2.29. The molecule has 0 saturated carbocycles. The van der Waals surface area contributed by atoms with Gasteiger partial charge in [-0.25, -0.2) is 0 Å². The van der Waals surface area contributed by atoms with Gasteiger partial charge in [-0.05, 0) is 12.8 Å². The van der Waals surface area contributed by atoms with Crippen molar-refractivity contribution in [2.45, 2.75) is 31.8 Å². The molecule has 3 heteroatoms. The second-order valence-corrected chi connectivity index (χ2v) is 3.40. The van der Waals surface area contributed by atoms with Crippen LogP contribution < -0.4 is 5.32 Å². The van der Waals surface area contributed by atoms with Crippen molar-refractivity contribution in [3.63, 3.8) is 0 Å². The van der Waals surface area contributed by atoms with E-state index in [1.165, 1.54) is 0 Å². The van der Waals surface area contributed by atoms with Crippen molar-refractivity contribution in [1.82, 2.24) is 10.2 Å². The summed E-state index contributed by atoms with van der Waals surface area (Å²) < 4.78 is 0. The SMILES string of the molecule is CCC1NC2CCN(C2)C1=O. The number of hydrogen-bond donors (Lipinski definition) is 1. The lowest BCUT2D eigenvalue weighted by Crippen LogP contribution is -2.54. The second kappa shape index (κ2) is 2.48. The third-order valence-electron chi connectivity index (χ3n) is 2.64. The molecule has 0 aromatic carbocycles. The first kappa shape index (κ1) is 7.10. The summed E-state index contributed by atoms with van der Waals surface area (Å²) >= 11 is 0. The Balaban J connectivity index is 2.12. The third kappa shape index (κ3) is 1.03. The molecule has 2 fully saturated rings. The van der Waals surface area contributed by atoms with Gasteiger partial charge in [0, 0.05) is 19.1 Å².